The normalized spacial score (nSPS) is 15.5. The Kier molecular flexibility index (Phi) is 7.74. The van der Waals surface area contributed by atoms with Crippen LogP contribution < -0.4 is 10.6 Å². The number of nitrogens with one attached hydrogen (secondary N) is 2. The average Bonchev–Trinajstić information content (AvgIpc) is 3.21. The number of guanidine groups is 1. The minimum Gasteiger partial charge on any atom is -0.357 e. The first-order chi connectivity index (χ1) is 11.4. The van der Waals surface area contributed by atoms with E-state index in [1.54, 1.807) is 0 Å². The molecule has 7 heteroatoms. The number of aliphatic imine (C=N–C) groups is 1. The lowest BCUT2D eigenvalue weighted by Gasteiger charge is -2.16. The summed E-state index contributed by atoms with van der Waals surface area (Å²) in [7, 11) is 0. The van der Waals surface area contributed by atoms with Crippen LogP contribution in [0.25, 0.3) is 5.65 Å². The second-order valence-corrected chi connectivity index (χ2v) is 6.03. The van der Waals surface area contributed by atoms with Gasteiger partial charge >= 0.3 is 0 Å². The topological polar surface area (TPSA) is 66.6 Å². The van der Waals surface area contributed by atoms with Crippen molar-refractivity contribution in [1.82, 2.24) is 25.2 Å². The number of pyridine rings is 1. The number of hydrogen-bond donors (Lipinski definition) is 2. The van der Waals surface area contributed by atoms with Crippen LogP contribution in [-0.2, 0) is 6.42 Å². The zero-order chi connectivity index (χ0) is 15.9. The lowest BCUT2D eigenvalue weighted by atomic mass is 10.2. The summed E-state index contributed by atoms with van der Waals surface area (Å²) in [6, 6.07) is 6.55. The van der Waals surface area contributed by atoms with E-state index in [2.05, 4.69) is 27.8 Å². The molecular weight excluding hydrogens is 415 g/mol. The molecule has 1 aliphatic carbocycles. The molecule has 0 amide bonds. The Labute approximate surface area is 160 Å². The lowest BCUT2D eigenvalue weighted by Crippen LogP contribution is -2.42. The quantitative estimate of drug-likeness (QED) is 0.313. The van der Waals surface area contributed by atoms with E-state index in [9.17, 15) is 0 Å². The summed E-state index contributed by atoms with van der Waals surface area (Å²) in [5.74, 6) is 1.95. The van der Waals surface area contributed by atoms with Gasteiger partial charge in [-0.05, 0) is 38.3 Å². The molecule has 2 N–H and O–H groups in total. The van der Waals surface area contributed by atoms with E-state index in [0.29, 0.717) is 6.04 Å². The Hall–Kier alpha value is -1.38. The van der Waals surface area contributed by atoms with Gasteiger partial charge in [0.15, 0.2) is 11.6 Å². The molecule has 1 saturated carbocycles. The number of aryl methyl sites for hydroxylation is 1. The number of aromatic nitrogens is 3. The fourth-order valence-corrected chi connectivity index (χ4v) is 3.07. The molecule has 2 aromatic heterocycles. The van der Waals surface area contributed by atoms with Crippen LogP contribution in [0.5, 0.6) is 0 Å². The molecule has 2 heterocycles. The zero-order valence-electron chi connectivity index (χ0n) is 14.2. The highest BCUT2D eigenvalue weighted by molar-refractivity contribution is 14.0. The number of hydrogen-bond acceptors (Lipinski definition) is 3. The Bertz CT molecular complexity index is 647. The third kappa shape index (κ3) is 5.06. The van der Waals surface area contributed by atoms with Crippen LogP contribution in [0.3, 0.4) is 0 Å². The first-order valence-corrected chi connectivity index (χ1v) is 8.70. The van der Waals surface area contributed by atoms with Gasteiger partial charge in [0.05, 0.1) is 0 Å². The zero-order valence-corrected chi connectivity index (χ0v) is 16.6. The maximum atomic E-state index is 4.69. The molecule has 0 bridgehead atoms. The average molecular weight is 442 g/mol. The van der Waals surface area contributed by atoms with Crippen LogP contribution in [0.2, 0.25) is 0 Å². The smallest absolute Gasteiger partial charge is 0.191 e. The summed E-state index contributed by atoms with van der Waals surface area (Å²) in [6.45, 7) is 3.80. The van der Waals surface area contributed by atoms with E-state index < -0.39 is 0 Å². The second kappa shape index (κ2) is 9.80. The lowest BCUT2D eigenvalue weighted by molar-refractivity contribution is 0.612. The molecule has 0 radical (unpaired) electrons. The maximum Gasteiger partial charge on any atom is 0.191 e. The Morgan fingerprint density at radius 1 is 1.29 bits per heavy atom. The summed E-state index contributed by atoms with van der Waals surface area (Å²) < 4.78 is 2.05. The molecule has 132 valence electrons. The SMILES string of the molecule is CCNC(=NCCCc1nnc2ccccn12)NC1CCCC1.I. The monoisotopic (exact) mass is 442 g/mol. The van der Waals surface area contributed by atoms with Crippen LogP contribution in [0.15, 0.2) is 29.4 Å². The third-order valence-corrected chi connectivity index (χ3v) is 4.25. The van der Waals surface area contributed by atoms with Gasteiger partial charge in [-0.3, -0.25) is 9.39 Å². The minimum absolute atomic E-state index is 0. The van der Waals surface area contributed by atoms with Crippen LogP contribution in [0.1, 0.15) is 44.9 Å². The molecule has 3 rings (SSSR count). The molecule has 0 saturated heterocycles. The van der Waals surface area contributed by atoms with Crippen LogP contribution in [-0.4, -0.2) is 39.7 Å². The van der Waals surface area contributed by atoms with Gasteiger partial charge < -0.3 is 10.6 Å². The maximum absolute atomic E-state index is 4.69. The van der Waals surface area contributed by atoms with Gasteiger partial charge in [0.25, 0.3) is 0 Å². The number of fused-ring (bicyclic) bond motifs is 1. The molecule has 1 aliphatic rings. The van der Waals surface area contributed by atoms with Crippen molar-refractivity contribution in [3.05, 3.63) is 30.2 Å². The van der Waals surface area contributed by atoms with Crippen LogP contribution in [0.4, 0.5) is 0 Å². The van der Waals surface area contributed by atoms with Gasteiger partial charge in [-0.1, -0.05) is 18.9 Å². The van der Waals surface area contributed by atoms with Crippen LogP contribution in [0, 0.1) is 0 Å². The third-order valence-electron chi connectivity index (χ3n) is 4.25. The molecule has 0 aromatic carbocycles. The van der Waals surface area contributed by atoms with Gasteiger partial charge in [0.2, 0.25) is 0 Å². The fourth-order valence-electron chi connectivity index (χ4n) is 3.07. The highest BCUT2D eigenvalue weighted by Gasteiger charge is 2.15. The molecule has 0 spiro atoms. The Balaban J connectivity index is 0.00000208. The van der Waals surface area contributed by atoms with Gasteiger partial charge in [0.1, 0.15) is 5.82 Å². The van der Waals surface area contributed by atoms with Crippen molar-refractivity contribution in [2.45, 2.75) is 51.5 Å². The molecule has 2 aromatic rings. The summed E-state index contributed by atoms with van der Waals surface area (Å²) in [5, 5.41) is 15.3. The van der Waals surface area contributed by atoms with Gasteiger partial charge in [-0.2, -0.15) is 0 Å². The van der Waals surface area contributed by atoms with E-state index >= 15 is 0 Å². The summed E-state index contributed by atoms with van der Waals surface area (Å²) in [5.41, 5.74) is 0.905. The van der Waals surface area contributed by atoms with Crippen LogP contribution >= 0.6 is 24.0 Å². The van der Waals surface area contributed by atoms with Crippen molar-refractivity contribution in [2.24, 2.45) is 4.99 Å². The van der Waals surface area contributed by atoms with Crippen molar-refractivity contribution in [1.29, 1.82) is 0 Å². The number of halogens is 1. The van der Waals surface area contributed by atoms with E-state index in [1.807, 2.05) is 28.8 Å². The standard InChI is InChI=1S/C17H26N6.HI/c1-2-18-17(20-14-8-3-4-9-14)19-12-7-11-16-22-21-15-10-5-6-13-23(15)16;/h5-6,10,13-14H,2-4,7-9,11-12H2,1H3,(H2,18,19,20);1H. The molecule has 1 fully saturated rings. The minimum atomic E-state index is 0. The van der Waals surface area contributed by atoms with Crippen molar-refractivity contribution < 1.29 is 0 Å². The predicted molar refractivity (Wildman–Crippen MR) is 108 cm³/mol. The Morgan fingerprint density at radius 3 is 2.92 bits per heavy atom. The molecular formula is C17H27IN6. The fraction of sp³-hybridized carbons (Fsp3) is 0.588. The van der Waals surface area contributed by atoms with E-state index in [4.69, 9.17) is 4.99 Å². The molecule has 0 aliphatic heterocycles. The Morgan fingerprint density at radius 2 is 2.12 bits per heavy atom. The molecule has 0 atom stereocenters. The van der Waals surface area contributed by atoms with Crippen molar-refractivity contribution >= 4 is 35.6 Å². The largest absolute Gasteiger partial charge is 0.357 e. The van der Waals surface area contributed by atoms with Crippen molar-refractivity contribution in [3.8, 4) is 0 Å². The van der Waals surface area contributed by atoms with Gasteiger partial charge in [0, 0.05) is 31.7 Å². The first-order valence-electron chi connectivity index (χ1n) is 8.70. The summed E-state index contributed by atoms with van der Waals surface area (Å²) >= 11 is 0. The highest BCUT2D eigenvalue weighted by atomic mass is 127. The summed E-state index contributed by atoms with van der Waals surface area (Å²) in [6.07, 6.45) is 9.05. The second-order valence-electron chi connectivity index (χ2n) is 6.03. The van der Waals surface area contributed by atoms with E-state index in [1.165, 1.54) is 25.7 Å². The predicted octanol–water partition coefficient (Wildman–Crippen LogP) is 2.78. The number of rotatable bonds is 6. The molecule has 0 unspecified atom stereocenters. The molecule has 24 heavy (non-hydrogen) atoms. The van der Waals surface area contributed by atoms with Crippen molar-refractivity contribution in [2.75, 3.05) is 13.1 Å². The highest BCUT2D eigenvalue weighted by Crippen LogP contribution is 2.17. The summed E-state index contributed by atoms with van der Waals surface area (Å²) in [4.78, 5) is 4.69. The van der Waals surface area contributed by atoms with Crippen molar-refractivity contribution in [3.63, 3.8) is 0 Å². The van der Waals surface area contributed by atoms with E-state index in [0.717, 1.165) is 43.4 Å². The first kappa shape index (κ1) is 19.0. The van der Waals surface area contributed by atoms with E-state index in [-0.39, 0.29) is 24.0 Å². The van der Waals surface area contributed by atoms with Gasteiger partial charge in [-0.15, -0.1) is 34.2 Å². The van der Waals surface area contributed by atoms with Gasteiger partial charge in [-0.25, -0.2) is 0 Å². The molecule has 6 nitrogen and oxygen atoms in total. The number of nitrogens with zero attached hydrogens (tertiary/aromatic N) is 4.